The Bertz CT molecular complexity index is 1460. The van der Waals surface area contributed by atoms with Crippen molar-refractivity contribution >= 4 is 34.0 Å². The second-order valence-corrected chi connectivity index (χ2v) is 8.83. The number of fused-ring (bicyclic) bond motifs is 6. The largest absolute Gasteiger partial charge is 0.310 e. The Morgan fingerprint density at radius 3 is 1.56 bits per heavy atom. The number of para-hydroxylation sites is 2. The van der Waals surface area contributed by atoms with Crippen molar-refractivity contribution in [1.82, 2.24) is 9.13 Å². The number of benzene rings is 3. The average molecular weight is 413 g/mol. The minimum Gasteiger partial charge on any atom is -0.310 e. The van der Waals surface area contributed by atoms with Gasteiger partial charge >= 0.3 is 0 Å². The SMILES string of the molecule is C1=Cc2c(c3ccccc3n2-c2cccc(-n3c4c(c5ccccc53)CCC=C4)c2)CC1. The Hall–Kier alpha value is -3.78. The molecule has 0 bridgehead atoms. The number of nitrogens with zero attached hydrogens (tertiary/aromatic N) is 2. The summed E-state index contributed by atoms with van der Waals surface area (Å²) in [7, 11) is 0. The van der Waals surface area contributed by atoms with E-state index in [1.54, 1.807) is 0 Å². The Morgan fingerprint density at radius 1 is 0.531 bits per heavy atom. The summed E-state index contributed by atoms with van der Waals surface area (Å²) in [5, 5.41) is 2.76. The third-order valence-electron chi connectivity index (χ3n) is 7.06. The summed E-state index contributed by atoms with van der Waals surface area (Å²) < 4.78 is 4.88. The molecule has 0 saturated heterocycles. The van der Waals surface area contributed by atoms with Crippen LogP contribution in [0.1, 0.15) is 35.4 Å². The molecule has 0 amide bonds. The Morgan fingerprint density at radius 2 is 1.03 bits per heavy atom. The lowest BCUT2D eigenvalue weighted by atomic mass is 10.0. The quantitative estimate of drug-likeness (QED) is 0.284. The molecule has 2 nitrogen and oxygen atoms in total. The first-order valence-corrected chi connectivity index (χ1v) is 11.6. The highest BCUT2D eigenvalue weighted by Gasteiger charge is 2.20. The van der Waals surface area contributed by atoms with Gasteiger partial charge in [0.05, 0.1) is 11.0 Å². The van der Waals surface area contributed by atoms with Gasteiger partial charge in [0.2, 0.25) is 0 Å². The fourth-order valence-electron chi connectivity index (χ4n) is 5.70. The number of hydrogen-bond acceptors (Lipinski definition) is 0. The fraction of sp³-hybridized carbons (Fsp3) is 0.133. The molecular weight excluding hydrogens is 388 g/mol. The van der Waals surface area contributed by atoms with Crippen LogP contribution in [0.25, 0.3) is 45.3 Å². The number of aryl methyl sites for hydroxylation is 2. The summed E-state index contributed by atoms with van der Waals surface area (Å²) in [5.41, 5.74) is 10.6. The lowest BCUT2D eigenvalue weighted by molar-refractivity contribution is 0.959. The smallest absolute Gasteiger partial charge is 0.0537 e. The van der Waals surface area contributed by atoms with Crippen LogP contribution in [-0.4, -0.2) is 9.13 Å². The molecule has 0 fully saturated rings. The van der Waals surface area contributed by atoms with Crippen molar-refractivity contribution in [3.05, 3.63) is 107 Å². The lowest BCUT2D eigenvalue weighted by Crippen LogP contribution is -2.03. The molecule has 0 N–H and O–H groups in total. The van der Waals surface area contributed by atoms with Crippen LogP contribution >= 0.6 is 0 Å². The van der Waals surface area contributed by atoms with Crippen LogP contribution in [0, 0.1) is 0 Å². The molecule has 0 radical (unpaired) electrons. The zero-order valence-electron chi connectivity index (χ0n) is 18.0. The van der Waals surface area contributed by atoms with Crippen molar-refractivity contribution in [2.45, 2.75) is 25.7 Å². The van der Waals surface area contributed by atoms with E-state index in [0.717, 1.165) is 25.7 Å². The van der Waals surface area contributed by atoms with Crippen LogP contribution in [0.3, 0.4) is 0 Å². The van der Waals surface area contributed by atoms with Crippen molar-refractivity contribution in [3.63, 3.8) is 0 Å². The fourth-order valence-corrected chi connectivity index (χ4v) is 5.70. The van der Waals surface area contributed by atoms with Gasteiger partial charge in [-0.05, 0) is 79.3 Å². The van der Waals surface area contributed by atoms with Crippen LogP contribution in [0.2, 0.25) is 0 Å². The Balaban J connectivity index is 1.50. The van der Waals surface area contributed by atoms with E-state index in [0.29, 0.717) is 0 Å². The zero-order valence-corrected chi connectivity index (χ0v) is 18.0. The number of hydrogen-bond donors (Lipinski definition) is 0. The van der Waals surface area contributed by atoms with E-state index in [-0.39, 0.29) is 0 Å². The highest BCUT2D eigenvalue weighted by molar-refractivity contribution is 5.92. The number of rotatable bonds is 2. The second kappa shape index (κ2) is 6.86. The first-order valence-electron chi connectivity index (χ1n) is 11.6. The van der Waals surface area contributed by atoms with Gasteiger partial charge in [-0.1, -0.05) is 54.6 Å². The van der Waals surface area contributed by atoms with E-state index >= 15 is 0 Å². The molecule has 0 aliphatic heterocycles. The molecule has 0 atom stereocenters. The molecule has 7 rings (SSSR count). The van der Waals surface area contributed by atoms with Gasteiger partial charge in [-0.3, -0.25) is 0 Å². The predicted molar refractivity (Wildman–Crippen MR) is 135 cm³/mol. The van der Waals surface area contributed by atoms with Crippen LogP contribution in [0.4, 0.5) is 0 Å². The maximum atomic E-state index is 2.44. The molecule has 154 valence electrons. The second-order valence-electron chi connectivity index (χ2n) is 8.83. The lowest BCUT2D eigenvalue weighted by Gasteiger charge is -2.16. The first kappa shape index (κ1) is 17.9. The van der Waals surface area contributed by atoms with Crippen molar-refractivity contribution in [3.8, 4) is 11.4 Å². The third kappa shape index (κ3) is 2.47. The summed E-state index contributed by atoms with van der Waals surface area (Å²) in [5.74, 6) is 0. The van der Waals surface area contributed by atoms with Gasteiger partial charge in [0.1, 0.15) is 0 Å². The van der Waals surface area contributed by atoms with E-state index in [1.807, 2.05) is 0 Å². The molecule has 2 aliphatic rings. The van der Waals surface area contributed by atoms with Crippen molar-refractivity contribution < 1.29 is 0 Å². The van der Waals surface area contributed by atoms with Crippen LogP contribution in [0.15, 0.2) is 84.9 Å². The normalized spacial score (nSPS) is 14.8. The maximum Gasteiger partial charge on any atom is 0.0537 e. The third-order valence-corrected chi connectivity index (χ3v) is 7.06. The zero-order chi connectivity index (χ0) is 21.1. The summed E-state index contributed by atoms with van der Waals surface area (Å²) in [6.07, 6.45) is 13.7. The Kier molecular flexibility index (Phi) is 3.83. The van der Waals surface area contributed by atoms with Gasteiger partial charge in [-0.15, -0.1) is 0 Å². The number of aromatic nitrogens is 2. The van der Waals surface area contributed by atoms with E-state index in [4.69, 9.17) is 0 Å². The molecule has 0 spiro atoms. The molecular formula is C30H24N2. The average Bonchev–Trinajstić information content (AvgIpc) is 3.37. The summed E-state index contributed by atoms with van der Waals surface area (Å²) in [4.78, 5) is 0. The monoisotopic (exact) mass is 412 g/mol. The summed E-state index contributed by atoms with van der Waals surface area (Å²) in [6, 6.07) is 26.7. The minimum absolute atomic E-state index is 1.11. The molecule has 2 heteroatoms. The molecule has 5 aromatic rings. The van der Waals surface area contributed by atoms with Gasteiger partial charge in [0.25, 0.3) is 0 Å². The molecule has 0 saturated carbocycles. The Labute approximate surface area is 187 Å². The predicted octanol–water partition coefficient (Wildman–Crippen LogP) is 7.49. The molecule has 3 aromatic carbocycles. The molecule has 0 unspecified atom stereocenters. The number of allylic oxidation sites excluding steroid dienone is 2. The standard InChI is InChI=1S/C30H24N2/c1-5-16-27-23(12-1)24-13-2-6-17-28(24)31(27)21-10-9-11-22(20-21)32-29-18-7-3-14-25(29)26-15-4-8-19-30(26)32/h1,3,5-12,14,16-20H,2,4,13,15H2. The molecule has 2 heterocycles. The van der Waals surface area contributed by atoms with Gasteiger partial charge in [0.15, 0.2) is 0 Å². The topological polar surface area (TPSA) is 9.86 Å². The molecule has 2 aliphatic carbocycles. The highest BCUT2D eigenvalue weighted by Crippen LogP contribution is 2.36. The van der Waals surface area contributed by atoms with Crippen LogP contribution < -0.4 is 0 Å². The first-order chi connectivity index (χ1) is 15.9. The van der Waals surface area contributed by atoms with Crippen molar-refractivity contribution in [2.24, 2.45) is 0 Å². The van der Waals surface area contributed by atoms with Crippen LogP contribution in [0.5, 0.6) is 0 Å². The molecule has 2 aromatic heterocycles. The summed E-state index contributed by atoms with van der Waals surface area (Å²) in [6.45, 7) is 0. The van der Waals surface area contributed by atoms with E-state index in [1.165, 1.54) is 55.7 Å². The summed E-state index contributed by atoms with van der Waals surface area (Å²) >= 11 is 0. The van der Waals surface area contributed by atoms with Gasteiger partial charge in [-0.2, -0.15) is 0 Å². The van der Waals surface area contributed by atoms with E-state index < -0.39 is 0 Å². The highest BCUT2D eigenvalue weighted by atomic mass is 15.0. The van der Waals surface area contributed by atoms with E-state index in [9.17, 15) is 0 Å². The van der Waals surface area contributed by atoms with E-state index in [2.05, 4.69) is 106 Å². The van der Waals surface area contributed by atoms with Crippen molar-refractivity contribution in [1.29, 1.82) is 0 Å². The van der Waals surface area contributed by atoms with Gasteiger partial charge < -0.3 is 9.13 Å². The van der Waals surface area contributed by atoms with Gasteiger partial charge in [0, 0.05) is 33.5 Å². The minimum atomic E-state index is 1.11. The maximum absolute atomic E-state index is 2.44. The van der Waals surface area contributed by atoms with Gasteiger partial charge in [-0.25, -0.2) is 0 Å². The van der Waals surface area contributed by atoms with Crippen molar-refractivity contribution in [2.75, 3.05) is 0 Å². The molecule has 32 heavy (non-hydrogen) atoms. The van der Waals surface area contributed by atoms with Crippen LogP contribution in [-0.2, 0) is 12.8 Å².